The van der Waals surface area contributed by atoms with Crippen LogP contribution in [0.25, 0.3) is 0 Å². The van der Waals surface area contributed by atoms with E-state index in [9.17, 15) is 13.2 Å². The highest BCUT2D eigenvalue weighted by Gasteiger charge is 2.25. The molecule has 0 spiro atoms. The van der Waals surface area contributed by atoms with Gasteiger partial charge in [0, 0.05) is 0 Å². The van der Waals surface area contributed by atoms with Crippen molar-refractivity contribution in [3.8, 4) is 17.2 Å². The molecule has 0 aromatic heterocycles. The van der Waals surface area contributed by atoms with Crippen LogP contribution in [0.2, 0.25) is 0 Å². The van der Waals surface area contributed by atoms with Gasteiger partial charge in [-0.1, -0.05) is 18.2 Å². The van der Waals surface area contributed by atoms with Gasteiger partial charge in [0.05, 0.1) is 24.6 Å². The molecule has 0 bridgehead atoms. The lowest BCUT2D eigenvalue weighted by atomic mass is 10.1. The van der Waals surface area contributed by atoms with E-state index in [-0.39, 0.29) is 12.6 Å². The number of anilines is 1. The Morgan fingerprint density at radius 1 is 1.17 bits per heavy atom. The molecule has 0 saturated carbocycles. The number of fused-ring (bicyclic) bond motifs is 1. The number of nitrogens with one attached hydrogen (secondary N) is 1. The molecular formula is C21H26N2O6S. The van der Waals surface area contributed by atoms with Crippen LogP contribution >= 0.6 is 0 Å². The van der Waals surface area contributed by atoms with Crippen molar-refractivity contribution in [1.82, 2.24) is 5.32 Å². The second-order valence-electron chi connectivity index (χ2n) is 6.86. The predicted octanol–water partition coefficient (Wildman–Crippen LogP) is 2.50. The van der Waals surface area contributed by atoms with Crippen LogP contribution in [-0.4, -0.2) is 46.9 Å². The maximum atomic E-state index is 12.7. The summed E-state index contributed by atoms with van der Waals surface area (Å²) in [6.45, 7) is 4.62. The minimum atomic E-state index is -3.71. The third kappa shape index (κ3) is 5.15. The van der Waals surface area contributed by atoms with Crippen molar-refractivity contribution in [2.45, 2.75) is 19.9 Å². The third-order valence-electron chi connectivity index (χ3n) is 4.57. The Hall–Kier alpha value is -2.94. The van der Waals surface area contributed by atoms with Gasteiger partial charge in [0.2, 0.25) is 15.9 Å². The third-order valence-corrected chi connectivity index (χ3v) is 5.69. The summed E-state index contributed by atoms with van der Waals surface area (Å²) in [7, 11) is -3.71. The summed E-state index contributed by atoms with van der Waals surface area (Å²) < 4.78 is 42.5. The van der Waals surface area contributed by atoms with Crippen molar-refractivity contribution in [2.24, 2.45) is 0 Å². The average Bonchev–Trinajstić information content (AvgIpc) is 2.71. The second-order valence-corrected chi connectivity index (χ2v) is 8.77. The topological polar surface area (TPSA) is 94.2 Å². The second kappa shape index (κ2) is 9.25. The van der Waals surface area contributed by atoms with Crippen molar-refractivity contribution in [3.63, 3.8) is 0 Å². The van der Waals surface area contributed by atoms with Crippen LogP contribution in [0.1, 0.15) is 25.5 Å². The largest absolute Gasteiger partial charge is 0.492 e. The molecule has 0 unspecified atom stereocenters. The maximum absolute atomic E-state index is 12.7. The van der Waals surface area contributed by atoms with Crippen LogP contribution in [-0.2, 0) is 14.8 Å². The lowest BCUT2D eigenvalue weighted by molar-refractivity contribution is -0.120. The summed E-state index contributed by atoms with van der Waals surface area (Å²) in [5.74, 6) is 1.26. The van der Waals surface area contributed by atoms with E-state index in [2.05, 4.69) is 5.32 Å². The van der Waals surface area contributed by atoms with E-state index in [1.807, 2.05) is 26.0 Å². The molecule has 8 nitrogen and oxygen atoms in total. The smallest absolute Gasteiger partial charge is 0.241 e. The van der Waals surface area contributed by atoms with E-state index in [0.717, 1.165) is 16.1 Å². The number of rotatable bonds is 8. The van der Waals surface area contributed by atoms with Gasteiger partial charge in [0.15, 0.2) is 11.5 Å². The Kier molecular flexibility index (Phi) is 6.71. The van der Waals surface area contributed by atoms with Gasteiger partial charge in [0.25, 0.3) is 0 Å². The van der Waals surface area contributed by atoms with Gasteiger partial charge >= 0.3 is 0 Å². The minimum absolute atomic E-state index is 0.323. The van der Waals surface area contributed by atoms with Crippen molar-refractivity contribution in [3.05, 3.63) is 48.0 Å². The highest BCUT2D eigenvalue weighted by Crippen LogP contribution is 2.33. The first-order valence-electron chi connectivity index (χ1n) is 9.68. The maximum Gasteiger partial charge on any atom is 0.241 e. The van der Waals surface area contributed by atoms with Crippen molar-refractivity contribution < 1.29 is 27.4 Å². The van der Waals surface area contributed by atoms with Crippen LogP contribution in [0.15, 0.2) is 42.5 Å². The summed E-state index contributed by atoms with van der Waals surface area (Å²) in [5.41, 5.74) is 1.15. The van der Waals surface area contributed by atoms with E-state index in [4.69, 9.17) is 14.2 Å². The highest BCUT2D eigenvalue weighted by molar-refractivity contribution is 7.92. The number of hydrogen-bond donors (Lipinski definition) is 1. The zero-order chi connectivity index (χ0) is 21.7. The molecule has 0 aliphatic carbocycles. The minimum Gasteiger partial charge on any atom is -0.492 e. The molecule has 0 saturated heterocycles. The zero-order valence-corrected chi connectivity index (χ0v) is 18.1. The molecule has 2 aromatic carbocycles. The van der Waals surface area contributed by atoms with Gasteiger partial charge in [-0.15, -0.1) is 0 Å². The van der Waals surface area contributed by atoms with Gasteiger partial charge in [-0.25, -0.2) is 8.42 Å². The standard InChI is InChI=1S/C21H26N2O6S/c1-4-27-18-8-6-5-7-17(18)23(30(3,25)26)14-21(24)22-15(2)16-9-10-19-20(13-16)29-12-11-28-19/h5-10,13,15H,4,11-12,14H2,1-3H3,(H,22,24)/t15-/m1/s1. The van der Waals surface area contributed by atoms with Gasteiger partial charge in [-0.3, -0.25) is 9.10 Å². The molecule has 3 rings (SSSR count). The quantitative estimate of drug-likeness (QED) is 0.686. The van der Waals surface area contributed by atoms with Gasteiger partial charge < -0.3 is 19.5 Å². The summed E-state index contributed by atoms with van der Waals surface area (Å²) in [6, 6.07) is 11.8. The fraction of sp³-hybridized carbons (Fsp3) is 0.381. The molecule has 1 amide bonds. The molecule has 2 aromatic rings. The molecule has 1 atom stereocenters. The number of carbonyl (C=O) groups is 1. The number of sulfonamides is 1. The van der Waals surface area contributed by atoms with Gasteiger partial charge in [0.1, 0.15) is 25.5 Å². The monoisotopic (exact) mass is 434 g/mol. The Balaban J connectivity index is 1.75. The fourth-order valence-corrected chi connectivity index (χ4v) is 4.01. The van der Waals surface area contributed by atoms with Crippen molar-refractivity contribution in [1.29, 1.82) is 0 Å². The Labute approximate surface area is 176 Å². The molecule has 162 valence electrons. The van der Waals surface area contributed by atoms with Crippen LogP contribution in [0.3, 0.4) is 0 Å². The number of benzene rings is 2. The summed E-state index contributed by atoms with van der Waals surface area (Å²) in [5, 5.41) is 2.84. The normalized spacial score (nSPS) is 14.0. The average molecular weight is 435 g/mol. The van der Waals surface area contributed by atoms with Crippen molar-refractivity contribution in [2.75, 3.05) is 36.9 Å². The first kappa shape index (κ1) is 21.8. The Bertz CT molecular complexity index is 1010. The molecule has 1 aliphatic heterocycles. The molecule has 1 N–H and O–H groups in total. The Morgan fingerprint density at radius 2 is 1.87 bits per heavy atom. The van der Waals surface area contributed by atoms with E-state index < -0.39 is 15.9 Å². The molecular weight excluding hydrogens is 408 g/mol. The van der Waals surface area contributed by atoms with Crippen molar-refractivity contribution >= 4 is 21.6 Å². The first-order chi connectivity index (χ1) is 14.3. The van der Waals surface area contributed by atoms with E-state index in [1.165, 1.54) is 0 Å². The van der Waals surface area contributed by atoms with E-state index in [0.29, 0.717) is 42.8 Å². The molecule has 0 fully saturated rings. The number of ether oxygens (including phenoxy) is 3. The lowest BCUT2D eigenvalue weighted by Gasteiger charge is -2.25. The molecule has 9 heteroatoms. The van der Waals surface area contributed by atoms with Gasteiger partial charge in [-0.2, -0.15) is 0 Å². The Morgan fingerprint density at radius 3 is 2.57 bits per heavy atom. The molecule has 1 heterocycles. The zero-order valence-electron chi connectivity index (χ0n) is 17.3. The molecule has 0 radical (unpaired) electrons. The number of para-hydroxylation sites is 2. The van der Waals surface area contributed by atoms with E-state index >= 15 is 0 Å². The number of amides is 1. The number of hydrogen-bond acceptors (Lipinski definition) is 6. The van der Waals surface area contributed by atoms with Crippen LogP contribution in [0, 0.1) is 0 Å². The molecule has 30 heavy (non-hydrogen) atoms. The fourth-order valence-electron chi connectivity index (χ4n) is 3.15. The number of carbonyl (C=O) groups excluding carboxylic acids is 1. The van der Waals surface area contributed by atoms with Crippen LogP contribution < -0.4 is 23.8 Å². The summed E-state index contributed by atoms with van der Waals surface area (Å²) >= 11 is 0. The molecule has 1 aliphatic rings. The number of nitrogens with zero attached hydrogens (tertiary/aromatic N) is 1. The summed E-state index contributed by atoms with van der Waals surface area (Å²) in [4.78, 5) is 12.7. The first-order valence-corrected chi connectivity index (χ1v) is 11.5. The lowest BCUT2D eigenvalue weighted by Crippen LogP contribution is -2.41. The van der Waals surface area contributed by atoms with Gasteiger partial charge in [-0.05, 0) is 43.7 Å². The highest BCUT2D eigenvalue weighted by atomic mass is 32.2. The van der Waals surface area contributed by atoms with E-state index in [1.54, 1.807) is 30.3 Å². The van der Waals surface area contributed by atoms with Crippen LogP contribution in [0.5, 0.6) is 17.2 Å². The summed E-state index contributed by atoms with van der Waals surface area (Å²) in [6.07, 6.45) is 1.06. The predicted molar refractivity (Wildman–Crippen MR) is 114 cm³/mol. The van der Waals surface area contributed by atoms with Crippen LogP contribution in [0.4, 0.5) is 5.69 Å². The SMILES string of the molecule is CCOc1ccccc1N(CC(=O)N[C@H](C)c1ccc2c(c1)OCCO2)S(C)(=O)=O.